The molecular formula is C14H26N4O. The second-order valence-electron chi connectivity index (χ2n) is 5.80. The Morgan fingerprint density at radius 3 is 2.53 bits per heavy atom. The summed E-state index contributed by atoms with van der Waals surface area (Å²) in [5, 5.41) is 2.91. The van der Waals surface area contributed by atoms with E-state index in [-0.39, 0.29) is 24.0 Å². The molecule has 5 heteroatoms. The standard InChI is InChI=1S/C14H26N4O/c1-9(2)6-12(15)13-7-16-8-18(13)11(5)14(19)17-10(3)4/h7-12H,6,15H2,1-5H3,(H,17,19). The zero-order valence-corrected chi connectivity index (χ0v) is 12.6. The summed E-state index contributed by atoms with van der Waals surface area (Å²) in [6.07, 6.45) is 4.32. The largest absolute Gasteiger partial charge is 0.352 e. The lowest BCUT2D eigenvalue weighted by molar-refractivity contribution is -0.124. The molecule has 0 bridgehead atoms. The second kappa shape index (κ2) is 6.70. The Hall–Kier alpha value is -1.36. The molecule has 5 nitrogen and oxygen atoms in total. The minimum absolute atomic E-state index is 0.00834. The van der Waals surface area contributed by atoms with Crippen molar-refractivity contribution in [2.45, 2.75) is 59.2 Å². The summed E-state index contributed by atoms with van der Waals surface area (Å²) in [5.74, 6) is 0.504. The monoisotopic (exact) mass is 266 g/mol. The van der Waals surface area contributed by atoms with E-state index in [9.17, 15) is 4.79 Å². The summed E-state index contributed by atoms with van der Waals surface area (Å²) in [4.78, 5) is 16.2. The Morgan fingerprint density at radius 2 is 2.00 bits per heavy atom. The fraction of sp³-hybridized carbons (Fsp3) is 0.714. The van der Waals surface area contributed by atoms with E-state index in [0.717, 1.165) is 12.1 Å². The van der Waals surface area contributed by atoms with Crippen LogP contribution >= 0.6 is 0 Å². The van der Waals surface area contributed by atoms with E-state index < -0.39 is 0 Å². The van der Waals surface area contributed by atoms with Crippen molar-refractivity contribution in [3.63, 3.8) is 0 Å². The first-order valence-electron chi connectivity index (χ1n) is 6.90. The van der Waals surface area contributed by atoms with Gasteiger partial charge in [-0.25, -0.2) is 4.98 Å². The number of nitrogens with zero attached hydrogens (tertiary/aromatic N) is 2. The average molecular weight is 266 g/mol. The van der Waals surface area contributed by atoms with Gasteiger partial charge in [0.05, 0.1) is 12.0 Å². The number of hydrogen-bond donors (Lipinski definition) is 2. The van der Waals surface area contributed by atoms with Crippen LogP contribution in [-0.2, 0) is 4.79 Å². The van der Waals surface area contributed by atoms with Crippen molar-refractivity contribution < 1.29 is 4.79 Å². The number of rotatable bonds is 6. The molecule has 2 atom stereocenters. The molecule has 0 aliphatic carbocycles. The number of nitrogens with two attached hydrogens (primary N) is 1. The maximum absolute atomic E-state index is 12.0. The van der Waals surface area contributed by atoms with E-state index >= 15 is 0 Å². The molecule has 0 aliphatic heterocycles. The summed E-state index contributed by atoms with van der Waals surface area (Å²) in [7, 11) is 0. The van der Waals surface area contributed by atoms with Crippen molar-refractivity contribution in [3.8, 4) is 0 Å². The van der Waals surface area contributed by atoms with Gasteiger partial charge in [0.25, 0.3) is 0 Å². The highest BCUT2D eigenvalue weighted by Gasteiger charge is 2.21. The number of carbonyl (C=O) groups is 1. The molecule has 0 aliphatic rings. The highest BCUT2D eigenvalue weighted by Crippen LogP contribution is 2.21. The predicted octanol–water partition coefficient (Wildman–Crippen LogP) is 2.01. The number of hydrogen-bond acceptors (Lipinski definition) is 3. The van der Waals surface area contributed by atoms with Crippen LogP contribution in [0.5, 0.6) is 0 Å². The van der Waals surface area contributed by atoms with Crippen LogP contribution in [0.2, 0.25) is 0 Å². The van der Waals surface area contributed by atoms with E-state index in [1.54, 1.807) is 12.5 Å². The first-order valence-corrected chi connectivity index (χ1v) is 6.90. The van der Waals surface area contributed by atoms with Crippen LogP contribution in [0, 0.1) is 5.92 Å². The van der Waals surface area contributed by atoms with E-state index in [4.69, 9.17) is 5.73 Å². The Balaban J connectivity index is 2.84. The molecule has 2 unspecified atom stereocenters. The van der Waals surface area contributed by atoms with E-state index in [0.29, 0.717) is 5.92 Å². The predicted molar refractivity (Wildman–Crippen MR) is 76.6 cm³/mol. The zero-order valence-electron chi connectivity index (χ0n) is 12.6. The number of nitrogens with one attached hydrogen (secondary N) is 1. The SMILES string of the molecule is CC(C)CC(N)c1cncn1C(C)C(=O)NC(C)C. The molecule has 1 aromatic rings. The number of amides is 1. The van der Waals surface area contributed by atoms with Gasteiger partial charge in [-0.2, -0.15) is 0 Å². The van der Waals surface area contributed by atoms with Gasteiger partial charge < -0.3 is 15.6 Å². The van der Waals surface area contributed by atoms with Gasteiger partial charge in [-0.15, -0.1) is 0 Å². The summed E-state index contributed by atoms with van der Waals surface area (Å²) in [6.45, 7) is 10.0. The number of carbonyl (C=O) groups excluding carboxylic acids is 1. The lowest BCUT2D eigenvalue weighted by atomic mass is 10.0. The fourth-order valence-electron chi connectivity index (χ4n) is 2.09. The minimum Gasteiger partial charge on any atom is -0.352 e. The third-order valence-electron chi connectivity index (χ3n) is 3.03. The van der Waals surface area contributed by atoms with Crippen LogP contribution < -0.4 is 11.1 Å². The molecule has 0 saturated heterocycles. The van der Waals surface area contributed by atoms with Gasteiger partial charge in [0.1, 0.15) is 6.04 Å². The molecule has 0 aromatic carbocycles. The number of aromatic nitrogens is 2. The molecule has 0 saturated carbocycles. The van der Waals surface area contributed by atoms with Gasteiger partial charge in [0.15, 0.2) is 0 Å². The van der Waals surface area contributed by atoms with Crippen LogP contribution in [-0.4, -0.2) is 21.5 Å². The van der Waals surface area contributed by atoms with E-state index in [2.05, 4.69) is 24.1 Å². The normalized spacial score (nSPS) is 14.7. The lowest BCUT2D eigenvalue weighted by Crippen LogP contribution is -2.36. The Morgan fingerprint density at radius 1 is 1.37 bits per heavy atom. The van der Waals surface area contributed by atoms with Gasteiger partial charge in [0, 0.05) is 18.3 Å². The molecule has 1 heterocycles. The molecule has 1 aromatic heterocycles. The first-order chi connectivity index (χ1) is 8.82. The molecule has 108 valence electrons. The van der Waals surface area contributed by atoms with Crippen LogP contribution in [0.1, 0.15) is 58.8 Å². The topological polar surface area (TPSA) is 72.9 Å². The number of imidazole rings is 1. The van der Waals surface area contributed by atoms with E-state index in [1.807, 2.05) is 25.3 Å². The third kappa shape index (κ3) is 4.35. The van der Waals surface area contributed by atoms with Crippen LogP contribution in [0.3, 0.4) is 0 Å². The Labute approximate surface area is 115 Å². The van der Waals surface area contributed by atoms with Gasteiger partial charge in [-0.3, -0.25) is 4.79 Å². The van der Waals surface area contributed by atoms with Crippen LogP contribution in [0.15, 0.2) is 12.5 Å². The van der Waals surface area contributed by atoms with Crippen LogP contribution in [0.4, 0.5) is 0 Å². The maximum atomic E-state index is 12.0. The summed E-state index contributed by atoms with van der Waals surface area (Å²) >= 11 is 0. The molecule has 0 radical (unpaired) electrons. The van der Waals surface area contributed by atoms with Crippen molar-refractivity contribution in [2.24, 2.45) is 11.7 Å². The van der Waals surface area contributed by atoms with Gasteiger partial charge in [-0.1, -0.05) is 13.8 Å². The van der Waals surface area contributed by atoms with Crippen molar-refractivity contribution in [1.82, 2.24) is 14.9 Å². The molecule has 3 N–H and O–H groups in total. The van der Waals surface area contributed by atoms with Crippen molar-refractivity contribution in [3.05, 3.63) is 18.2 Å². The fourth-order valence-corrected chi connectivity index (χ4v) is 2.09. The van der Waals surface area contributed by atoms with Crippen LogP contribution in [0.25, 0.3) is 0 Å². The molecule has 0 fully saturated rings. The zero-order chi connectivity index (χ0) is 14.6. The van der Waals surface area contributed by atoms with Crippen molar-refractivity contribution in [1.29, 1.82) is 0 Å². The highest BCUT2D eigenvalue weighted by atomic mass is 16.2. The summed E-state index contributed by atoms with van der Waals surface area (Å²) < 4.78 is 1.87. The molecule has 19 heavy (non-hydrogen) atoms. The van der Waals surface area contributed by atoms with E-state index in [1.165, 1.54) is 0 Å². The molecule has 0 spiro atoms. The summed E-state index contributed by atoms with van der Waals surface area (Å²) in [6, 6.07) is -0.249. The summed E-state index contributed by atoms with van der Waals surface area (Å²) in [5.41, 5.74) is 7.10. The quantitative estimate of drug-likeness (QED) is 0.827. The first kappa shape index (κ1) is 15.7. The molecule has 1 rings (SSSR count). The average Bonchev–Trinajstić information content (AvgIpc) is 2.74. The van der Waals surface area contributed by atoms with Crippen molar-refractivity contribution in [2.75, 3.05) is 0 Å². The van der Waals surface area contributed by atoms with Crippen molar-refractivity contribution >= 4 is 5.91 Å². The minimum atomic E-state index is -0.293. The smallest absolute Gasteiger partial charge is 0.243 e. The van der Waals surface area contributed by atoms with Gasteiger partial charge >= 0.3 is 0 Å². The lowest BCUT2D eigenvalue weighted by Gasteiger charge is -2.21. The third-order valence-corrected chi connectivity index (χ3v) is 3.03. The molecule has 1 amide bonds. The van der Waals surface area contributed by atoms with Gasteiger partial charge in [-0.05, 0) is 33.1 Å². The highest BCUT2D eigenvalue weighted by molar-refractivity contribution is 5.80. The Bertz CT molecular complexity index is 411. The molecular weight excluding hydrogens is 240 g/mol. The second-order valence-corrected chi connectivity index (χ2v) is 5.80. The maximum Gasteiger partial charge on any atom is 0.243 e. The van der Waals surface area contributed by atoms with Gasteiger partial charge in [0.2, 0.25) is 5.91 Å². The Kier molecular flexibility index (Phi) is 5.54.